The molecule has 10 heteroatoms. The monoisotopic (exact) mass is 368 g/mol. The van der Waals surface area contributed by atoms with Gasteiger partial charge >= 0.3 is 6.18 Å². The predicted octanol–water partition coefficient (Wildman–Crippen LogP) is 3.76. The highest BCUT2D eigenvalue weighted by Crippen LogP contribution is 2.34. The molecule has 2 rings (SSSR count). The lowest BCUT2D eigenvalue weighted by Crippen LogP contribution is -2.17. The minimum Gasteiger partial charge on any atom is -0.379 e. The molecule has 138 valence electrons. The summed E-state index contributed by atoms with van der Waals surface area (Å²) in [5, 5.41) is 16.2. The van der Waals surface area contributed by atoms with Crippen molar-refractivity contribution in [2.24, 2.45) is 0 Å². The molecular formula is C16H15F3N4O3. The summed E-state index contributed by atoms with van der Waals surface area (Å²) in [6, 6.07) is 3.90. The number of aryl methyl sites for hydroxylation is 1. The van der Waals surface area contributed by atoms with Crippen LogP contribution in [0.4, 0.5) is 30.2 Å². The van der Waals surface area contributed by atoms with E-state index in [-0.39, 0.29) is 24.6 Å². The van der Waals surface area contributed by atoms with Crippen LogP contribution in [0.3, 0.4) is 0 Å². The summed E-state index contributed by atoms with van der Waals surface area (Å²) in [5.41, 5.74) is -0.547. The largest absolute Gasteiger partial charge is 0.416 e. The summed E-state index contributed by atoms with van der Waals surface area (Å²) in [7, 11) is 0. The number of aromatic nitrogens is 1. The van der Waals surface area contributed by atoms with Crippen molar-refractivity contribution in [2.45, 2.75) is 19.5 Å². The third-order valence-electron chi connectivity index (χ3n) is 3.50. The lowest BCUT2D eigenvalue weighted by atomic mass is 10.1. The molecule has 0 saturated carbocycles. The number of alkyl halides is 3. The third-order valence-corrected chi connectivity index (χ3v) is 3.50. The Labute approximate surface area is 146 Å². The number of hydrogen-bond donors (Lipinski definition) is 2. The molecule has 1 aromatic carbocycles. The van der Waals surface area contributed by atoms with Crippen molar-refractivity contribution >= 4 is 23.0 Å². The number of benzene rings is 1. The fourth-order valence-electron chi connectivity index (χ4n) is 2.13. The van der Waals surface area contributed by atoms with Crippen LogP contribution in [0.2, 0.25) is 0 Å². The molecule has 1 heterocycles. The van der Waals surface area contributed by atoms with Crippen LogP contribution in [0, 0.1) is 17.0 Å². The van der Waals surface area contributed by atoms with Gasteiger partial charge in [0.1, 0.15) is 5.69 Å². The molecule has 0 aliphatic rings. The molecule has 0 unspecified atom stereocenters. The molecule has 7 nitrogen and oxygen atoms in total. The van der Waals surface area contributed by atoms with Gasteiger partial charge < -0.3 is 10.6 Å². The number of nitro groups is 1. The average Bonchev–Trinajstić information content (AvgIpc) is 2.56. The van der Waals surface area contributed by atoms with Crippen molar-refractivity contribution in [3.63, 3.8) is 0 Å². The number of hydrogen-bond acceptors (Lipinski definition) is 5. The summed E-state index contributed by atoms with van der Waals surface area (Å²) >= 11 is 0. The highest BCUT2D eigenvalue weighted by atomic mass is 19.4. The molecule has 2 N–H and O–H groups in total. The smallest absolute Gasteiger partial charge is 0.379 e. The minimum absolute atomic E-state index is 0.0113. The zero-order valence-corrected chi connectivity index (χ0v) is 13.6. The average molecular weight is 368 g/mol. The molecule has 0 aliphatic carbocycles. The standard InChI is InChI=1S/C16H15F3N4O3/c1-10-4-6-20-9-13(10)22-15(24)5-7-21-12-3-2-11(16(17,18)19)8-14(12)23(25)26/h2-4,6,8-9,21H,5,7H2,1H3,(H,22,24). The van der Waals surface area contributed by atoms with Crippen LogP contribution in [0.25, 0.3) is 0 Å². The molecule has 0 saturated heterocycles. The van der Waals surface area contributed by atoms with E-state index in [1.54, 1.807) is 19.2 Å². The van der Waals surface area contributed by atoms with Gasteiger partial charge in [-0.3, -0.25) is 19.9 Å². The SMILES string of the molecule is Cc1ccncc1NC(=O)CCNc1ccc(C(F)(F)F)cc1[N+](=O)[O-]. The van der Waals surface area contributed by atoms with Crippen LogP contribution < -0.4 is 10.6 Å². The third kappa shape index (κ3) is 4.91. The van der Waals surface area contributed by atoms with Crippen molar-refractivity contribution in [2.75, 3.05) is 17.2 Å². The second-order valence-corrected chi connectivity index (χ2v) is 5.40. The fourth-order valence-corrected chi connectivity index (χ4v) is 2.13. The topological polar surface area (TPSA) is 97.2 Å². The Morgan fingerprint density at radius 3 is 2.62 bits per heavy atom. The Morgan fingerprint density at radius 2 is 2.00 bits per heavy atom. The molecule has 1 aromatic heterocycles. The number of nitro benzene ring substituents is 1. The number of nitrogens with zero attached hydrogens (tertiary/aromatic N) is 2. The normalized spacial score (nSPS) is 11.1. The van der Waals surface area contributed by atoms with Crippen LogP contribution in [0.15, 0.2) is 36.7 Å². The molecular weight excluding hydrogens is 353 g/mol. The number of halogens is 3. The van der Waals surface area contributed by atoms with Gasteiger partial charge in [-0.1, -0.05) is 0 Å². The summed E-state index contributed by atoms with van der Waals surface area (Å²) in [4.78, 5) is 25.9. The molecule has 0 radical (unpaired) electrons. The molecule has 0 spiro atoms. The van der Waals surface area contributed by atoms with Crippen LogP contribution >= 0.6 is 0 Å². The van der Waals surface area contributed by atoms with Crippen LogP contribution in [0.1, 0.15) is 17.5 Å². The summed E-state index contributed by atoms with van der Waals surface area (Å²) in [6.07, 6.45) is -1.64. The van der Waals surface area contributed by atoms with Crippen LogP contribution in [-0.4, -0.2) is 22.4 Å². The Morgan fingerprint density at radius 1 is 1.27 bits per heavy atom. The first-order chi connectivity index (χ1) is 12.2. The summed E-state index contributed by atoms with van der Waals surface area (Å²) in [5.74, 6) is -0.358. The number of nitrogens with one attached hydrogen (secondary N) is 2. The van der Waals surface area contributed by atoms with E-state index < -0.39 is 22.4 Å². The van der Waals surface area contributed by atoms with Crippen molar-refractivity contribution in [1.82, 2.24) is 4.98 Å². The van der Waals surface area contributed by atoms with E-state index in [0.717, 1.165) is 17.7 Å². The number of anilines is 2. The minimum atomic E-state index is -4.68. The Hall–Kier alpha value is -3.17. The summed E-state index contributed by atoms with van der Waals surface area (Å²) in [6.45, 7) is 1.80. The second kappa shape index (κ2) is 7.81. The van der Waals surface area contributed by atoms with E-state index in [2.05, 4.69) is 15.6 Å². The number of carbonyl (C=O) groups is 1. The van der Waals surface area contributed by atoms with Crippen molar-refractivity contribution in [3.8, 4) is 0 Å². The predicted molar refractivity (Wildman–Crippen MR) is 88.8 cm³/mol. The number of pyridine rings is 1. The van der Waals surface area contributed by atoms with E-state index in [4.69, 9.17) is 0 Å². The number of rotatable bonds is 6. The molecule has 0 atom stereocenters. The van der Waals surface area contributed by atoms with Crippen molar-refractivity contribution in [1.29, 1.82) is 0 Å². The van der Waals surface area contributed by atoms with Gasteiger partial charge in [0.2, 0.25) is 5.91 Å². The van der Waals surface area contributed by atoms with Gasteiger partial charge in [-0.05, 0) is 30.7 Å². The van der Waals surface area contributed by atoms with Gasteiger partial charge in [0.15, 0.2) is 0 Å². The molecule has 26 heavy (non-hydrogen) atoms. The highest BCUT2D eigenvalue weighted by molar-refractivity contribution is 5.91. The Bertz CT molecular complexity index is 825. The van der Waals surface area contributed by atoms with Crippen molar-refractivity contribution < 1.29 is 22.9 Å². The Balaban J connectivity index is 2.00. The first-order valence-electron chi connectivity index (χ1n) is 7.48. The maximum absolute atomic E-state index is 12.7. The van der Waals surface area contributed by atoms with E-state index in [1.807, 2.05) is 0 Å². The Kier molecular flexibility index (Phi) is 5.75. The highest BCUT2D eigenvalue weighted by Gasteiger charge is 2.33. The molecule has 0 fully saturated rings. The van der Waals surface area contributed by atoms with Crippen LogP contribution in [0.5, 0.6) is 0 Å². The van der Waals surface area contributed by atoms with Crippen molar-refractivity contribution in [3.05, 3.63) is 57.9 Å². The zero-order chi connectivity index (χ0) is 19.3. The molecule has 0 aliphatic heterocycles. The fraction of sp³-hybridized carbons (Fsp3) is 0.250. The van der Waals surface area contributed by atoms with E-state index in [9.17, 15) is 28.1 Å². The summed E-state index contributed by atoms with van der Waals surface area (Å²) < 4.78 is 38.0. The van der Waals surface area contributed by atoms with Gasteiger partial charge in [0.05, 0.1) is 22.4 Å². The maximum atomic E-state index is 12.7. The van der Waals surface area contributed by atoms with Gasteiger partial charge in [0, 0.05) is 25.2 Å². The van der Waals surface area contributed by atoms with Gasteiger partial charge in [-0.15, -0.1) is 0 Å². The second-order valence-electron chi connectivity index (χ2n) is 5.40. The van der Waals surface area contributed by atoms with Gasteiger partial charge in [-0.2, -0.15) is 13.2 Å². The van der Waals surface area contributed by atoms with Gasteiger partial charge in [0.25, 0.3) is 5.69 Å². The quantitative estimate of drug-likeness (QED) is 0.598. The maximum Gasteiger partial charge on any atom is 0.416 e. The first-order valence-corrected chi connectivity index (χ1v) is 7.48. The molecule has 2 aromatic rings. The first kappa shape index (κ1) is 19.2. The number of amides is 1. The zero-order valence-electron chi connectivity index (χ0n) is 13.6. The molecule has 1 amide bonds. The number of carbonyl (C=O) groups excluding carboxylic acids is 1. The molecule has 0 bridgehead atoms. The lowest BCUT2D eigenvalue weighted by molar-refractivity contribution is -0.384. The lowest BCUT2D eigenvalue weighted by Gasteiger charge is -2.11. The van der Waals surface area contributed by atoms with E-state index in [1.165, 1.54) is 6.20 Å². The van der Waals surface area contributed by atoms with Crippen LogP contribution in [-0.2, 0) is 11.0 Å². The van der Waals surface area contributed by atoms with E-state index >= 15 is 0 Å². The van der Waals surface area contributed by atoms with Gasteiger partial charge in [-0.25, -0.2) is 0 Å². The van der Waals surface area contributed by atoms with E-state index in [0.29, 0.717) is 11.8 Å².